The first-order valence-electron chi connectivity index (χ1n) is 10.4. The Kier molecular flexibility index (Phi) is 9.48. The number of carbonyl (C=O) groups is 2. The van der Waals surface area contributed by atoms with Crippen LogP contribution in [0.1, 0.15) is 43.6 Å². The van der Waals surface area contributed by atoms with Gasteiger partial charge in [-0.3, -0.25) is 0 Å². The van der Waals surface area contributed by atoms with Crippen molar-refractivity contribution in [1.29, 1.82) is 0 Å². The molecule has 2 aromatic rings. The van der Waals surface area contributed by atoms with Crippen LogP contribution < -0.4 is 24.8 Å². The number of benzene rings is 2. The number of esters is 1. The fourth-order valence-corrected chi connectivity index (χ4v) is 2.79. The highest BCUT2D eigenvalue weighted by Crippen LogP contribution is 2.40. The van der Waals surface area contributed by atoms with Crippen LogP contribution in [0.15, 0.2) is 36.4 Å². The number of nitrogens with one attached hydrogen (secondary N) is 2. The van der Waals surface area contributed by atoms with Crippen molar-refractivity contribution in [3.05, 3.63) is 47.5 Å². The van der Waals surface area contributed by atoms with Crippen molar-refractivity contribution in [3.8, 4) is 17.2 Å². The summed E-state index contributed by atoms with van der Waals surface area (Å²) in [6.45, 7) is 9.35. The van der Waals surface area contributed by atoms with Gasteiger partial charge in [0.15, 0.2) is 11.5 Å². The summed E-state index contributed by atoms with van der Waals surface area (Å²) < 4.78 is 22.0. The predicted octanol–water partition coefficient (Wildman–Crippen LogP) is 4.38. The number of hydrogen-bond donors (Lipinski definition) is 2. The minimum absolute atomic E-state index is 0.294. The Balaban J connectivity index is 2.04. The first kappa shape index (κ1) is 23.9. The molecule has 0 aliphatic heterocycles. The van der Waals surface area contributed by atoms with Gasteiger partial charge in [-0.2, -0.15) is 0 Å². The van der Waals surface area contributed by atoms with E-state index in [1.165, 1.54) is 0 Å². The Bertz CT molecular complexity index is 840. The minimum Gasteiger partial charge on any atom is -0.490 e. The predicted molar refractivity (Wildman–Crippen MR) is 118 cm³/mol. The van der Waals surface area contributed by atoms with Gasteiger partial charge in [0.2, 0.25) is 5.75 Å². The molecule has 0 heterocycles. The van der Waals surface area contributed by atoms with Gasteiger partial charge < -0.3 is 29.6 Å². The molecule has 0 radical (unpaired) electrons. The summed E-state index contributed by atoms with van der Waals surface area (Å²) in [6.07, 6.45) is 0. The monoisotopic (exact) mass is 430 g/mol. The topological polar surface area (TPSA) is 95.1 Å². The number of rotatable bonds is 11. The third kappa shape index (κ3) is 7.09. The van der Waals surface area contributed by atoms with Gasteiger partial charge >= 0.3 is 12.0 Å². The Morgan fingerprint density at radius 1 is 0.806 bits per heavy atom. The van der Waals surface area contributed by atoms with E-state index < -0.39 is 0 Å². The van der Waals surface area contributed by atoms with Crippen LogP contribution in [0, 0.1) is 0 Å². The summed E-state index contributed by atoms with van der Waals surface area (Å²) in [5.74, 6) is 1.14. The maximum absolute atomic E-state index is 12.4. The first-order valence-corrected chi connectivity index (χ1v) is 10.4. The van der Waals surface area contributed by atoms with E-state index in [0.29, 0.717) is 61.5 Å². The van der Waals surface area contributed by atoms with Gasteiger partial charge in [-0.15, -0.1) is 0 Å². The van der Waals surface area contributed by atoms with Gasteiger partial charge in [0.1, 0.15) is 0 Å². The number of carbonyl (C=O) groups excluding carboxylic acids is 2. The molecule has 0 bridgehead atoms. The summed E-state index contributed by atoms with van der Waals surface area (Å²) in [6, 6.07) is 9.89. The lowest BCUT2D eigenvalue weighted by molar-refractivity contribution is 0.0526. The lowest BCUT2D eigenvalue weighted by atomic mass is 10.1. The zero-order valence-electron chi connectivity index (χ0n) is 18.4. The quantitative estimate of drug-likeness (QED) is 0.514. The number of urea groups is 1. The van der Waals surface area contributed by atoms with Crippen molar-refractivity contribution in [2.75, 3.05) is 31.7 Å². The maximum Gasteiger partial charge on any atom is 0.338 e. The fraction of sp³-hybridized carbons (Fsp3) is 0.391. The van der Waals surface area contributed by atoms with Crippen molar-refractivity contribution < 1.29 is 28.5 Å². The van der Waals surface area contributed by atoms with E-state index in [9.17, 15) is 9.59 Å². The number of anilines is 1. The Morgan fingerprint density at radius 3 is 1.90 bits per heavy atom. The van der Waals surface area contributed by atoms with E-state index in [4.69, 9.17) is 18.9 Å². The van der Waals surface area contributed by atoms with Crippen LogP contribution in [0.2, 0.25) is 0 Å². The normalized spacial score (nSPS) is 10.2. The van der Waals surface area contributed by atoms with E-state index in [0.717, 1.165) is 5.56 Å². The minimum atomic E-state index is -0.386. The summed E-state index contributed by atoms with van der Waals surface area (Å²) in [4.78, 5) is 24.1. The van der Waals surface area contributed by atoms with Crippen LogP contribution in [0.4, 0.5) is 10.5 Å². The summed E-state index contributed by atoms with van der Waals surface area (Å²) in [5.41, 5.74) is 1.83. The second-order valence-corrected chi connectivity index (χ2v) is 6.33. The molecule has 168 valence electrons. The molecule has 0 fully saturated rings. The third-order valence-corrected chi connectivity index (χ3v) is 4.09. The molecule has 0 atom stereocenters. The van der Waals surface area contributed by atoms with Crippen molar-refractivity contribution in [2.24, 2.45) is 0 Å². The molecule has 0 spiro atoms. The third-order valence-electron chi connectivity index (χ3n) is 4.09. The van der Waals surface area contributed by atoms with E-state index in [1.54, 1.807) is 43.3 Å². The SMILES string of the molecule is CCOC(=O)c1ccc(CNC(=O)Nc2cc(OCC)c(OCC)c(OCC)c2)cc1. The number of hydrogen-bond acceptors (Lipinski definition) is 6. The average molecular weight is 431 g/mol. The molecule has 8 heteroatoms. The second kappa shape index (κ2) is 12.3. The summed E-state index contributed by atoms with van der Waals surface area (Å²) in [5, 5.41) is 5.57. The van der Waals surface area contributed by atoms with Gasteiger partial charge in [0.05, 0.1) is 37.7 Å². The smallest absolute Gasteiger partial charge is 0.338 e. The average Bonchev–Trinajstić information content (AvgIpc) is 2.75. The van der Waals surface area contributed by atoms with Crippen LogP contribution in [0.3, 0.4) is 0 Å². The fourth-order valence-electron chi connectivity index (χ4n) is 2.79. The number of ether oxygens (including phenoxy) is 4. The molecular weight excluding hydrogens is 400 g/mol. The second-order valence-electron chi connectivity index (χ2n) is 6.33. The van der Waals surface area contributed by atoms with E-state index in [1.807, 2.05) is 20.8 Å². The molecule has 0 saturated carbocycles. The molecule has 8 nitrogen and oxygen atoms in total. The molecule has 0 saturated heterocycles. The van der Waals surface area contributed by atoms with Crippen molar-refractivity contribution >= 4 is 17.7 Å². The highest BCUT2D eigenvalue weighted by molar-refractivity contribution is 5.90. The Labute approximate surface area is 182 Å². The van der Waals surface area contributed by atoms with Crippen LogP contribution >= 0.6 is 0 Å². The highest BCUT2D eigenvalue weighted by Gasteiger charge is 2.16. The molecule has 2 aromatic carbocycles. The zero-order chi connectivity index (χ0) is 22.6. The highest BCUT2D eigenvalue weighted by atomic mass is 16.5. The van der Waals surface area contributed by atoms with Crippen molar-refractivity contribution in [3.63, 3.8) is 0 Å². The Hall–Kier alpha value is -3.42. The maximum atomic E-state index is 12.4. The molecule has 2 amide bonds. The molecule has 2 N–H and O–H groups in total. The largest absolute Gasteiger partial charge is 0.490 e. The lowest BCUT2D eigenvalue weighted by Gasteiger charge is -2.17. The molecule has 0 unspecified atom stereocenters. The van der Waals surface area contributed by atoms with Crippen LogP contribution in [0.5, 0.6) is 17.2 Å². The standard InChI is InChI=1S/C23H30N2O6/c1-5-28-19-13-18(14-20(29-6-2)21(19)30-7-3)25-23(27)24-15-16-9-11-17(12-10-16)22(26)31-8-4/h9-14H,5-8,15H2,1-4H3,(H2,24,25,27). The lowest BCUT2D eigenvalue weighted by Crippen LogP contribution is -2.28. The molecular formula is C23H30N2O6. The molecule has 0 aliphatic carbocycles. The van der Waals surface area contributed by atoms with Gasteiger partial charge in [-0.05, 0) is 45.4 Å². The van der Waals surface area contributed by atoms with Crippen molar-refractivity contribution in [2.45, 2.75) is 34.2 Å². The van der Waals surface area contributed by atoms with Crippen LogP contribution in [-0.4, -0.2) is 38.4 Å². The molecule has 2 rings (SSSR count). The van der Waals surface area contributed by atoms with E-state index in [-0.39, 0.29) is 12.0 Å². The zero-order valence-corrected chi connectivity index (χ0v) is 18.4. The summed E-state index contributed by atoms with van der Waals surface area (Å²) in [7, 11) is 0. The summed E-state index contributed by atoms with van der Waals surface area (Å²) >= 11 is 0. The molecule has 0 aliphatic rings. The van der Waals surface area contributed by atoms with Crippen LogP contribution in [0.25, 0.3) is 0 Å². The van der Waals surface area contributed by atoms with Crippen LogP contribution in [-0.2, 0) is 11.3 Å². The molecule has 31 heavy (non-hydrogen) atoms. The van der Waals surface area contributed by atoms with E-state index in [2.05, 4.69) is 10.6 Å². The van der Waals surface area contributed by atoms with Gasteiger partial charge in [0, 0.05) is 18.7 Å². The van der Waals surface area contributed by atoms with Gasteiger partial charge in [-0.25, -0.2) is 9.59 Å². The van der Waals surface area contributed by atoms with Crippen molar-refractivity contribution in [1.82, 2.24) is 5.32 Å². The molecule has 0 aromatic heterocycles. The number of amides is 2. The first-order chi connectivity index (χ1) is 15.0. The van der Waals surface area contributed by atoms with Gasteiger partial charge in [0.25, 0.3) is 0 Å². The van der Waals surface area contributed by atoms with E-state index >= 15 is 0 Å². The van der Waals surface area contributed by atoms with Gasteiger partial charge in [-0.1, -0.05) is 12.1 Å². The Morgan fingerprint density at radius 2 is 1.39 bits per heavy atom.